The quantitative estimate of drug-likeness (QED) is 0.683. The molecule has 0 heterocycles. The highest BCUT2D eigenvalue weighted by molar-refractivity contribution is 5.24. The third-order valence-electron chi connectivity index (χ3n) is 2.04. The van der Waals surface area contributed by atoms with Crippen LogP contribution in [0.3, 0.4) is 0 Å². The molecular weight excluding hydrogens is 184 g/mol. The molecule has 0 saturated heterocycles. The molecule has 0 saturated carbocycles. The van der Waals surface area contributed by atoms with Crippen LogP contribution in [0, 0.1) is 12.5 Å². The van der Waals surface area contributed by atoms with Gasteiger partial charge >= 0.3 is 0 Å². The fourth-order valence-corrected chi connectivity index (χ4v) is 1.28. The van der Waals surface area contributed by atoms with Crippen molar-refractivity contribution in [3.63, 3.8) is 0 Å². The Labute approximate surface area is 90.3 Å². The minimum atomic E-state index is 0.574. The first-order chi connectivity index (χ1) is 7.45. The van der Waals surface area contributed by atoms with Crippen molar-refractivity contribution in [2.45, 2.75) is 0 Å². The van der Waals surface area contributed by atoms with Gasteiger partial charge in [0.25, 0.3) is 0 Å². The second-order valence-corrected chi connectivity index (χ2v) is 3.15. The summed E-state index contributed by atoms with van der Waals surface area (Å²) in [6.45, 7) is 0.574. The van der Waals surface area contributed by atoms with Crippen molar-refractivity contribution < 1.29 is 4.74 Å². The molecule has 15 heavy (non-hydrogen) atoms. The average molecular weight is 196 g/mol. The molecule has 0 aliphatic rings. The summed E-state index contributed by atoms with van der Waals surface area (Å²) < 4.78 is 5.50. The molecule has 2 aromatic carbocycles. The molecule has 0 fully saturated rings. The molecule has 0 N–H and O–H groups in total. The van der Waals surface area contributed by atoms with Crippen molar-refractivity contribution in [3.8, 4) is 5.75 Å². The van der Waals surface area contributed by atoms with Gasteiger partial charge in [0, 0.05) is 17.9 Å². The second-order valence-electron chi connectivity index (χ2n) is 3.15. The Morgan fingerprint density at radius 1 is 1.00 bits per heavy atom. The standard InChI is InChI=1S/C14H12O/c1-3-7-13(8-4-1)11-12-15-14-9-5-2-6-10-14/h1-9,11H,12H2. The molecule has 74 valence electrons. The summed E-state index contributed by atoms with van der Waals surface area (Å²) in [5.74, 6) is 0.782. The number of para-hydroxylation sites is 1. The topological polar surface area (TPSA) is 9.23 Å². The maximum atomic E-state index is 5.50. The monoisotopic (exact) mass is 196 g/mol. The van der Waals surface area contributed by atoms with Crippen LogP contribution >= 0.6 is 0 Å². The number of ether oxygens (including phenoxy) is 1. The van der Waals surface area contributed by atoms with Crippen LogP contribution < -0.4 is 4.74 Å². The molecule has 2 aromatic rings. The fourth-order valence-electron chi connectivity index (χ4n) is 1.28. The highest BCUT2D eigenvalue weighted by atomic mass is 16.5. The van der Waals surface area contributed by atoms with Gasteiger partial charge in [-0.15, -0.1) is 12.1 Å². The van der Waals surface area contributed by atoms with Crippen LogP contribution in [0.2, 0.25) is 0 Å². The molecule has 0 aliphatic carbocycles. The summed E-state index contributed by atoms with van der Waals surface area (Å²) in [5, 5.41) is 0. The van der Waals surface area contributed by atoms with Gasteiger partial charge in [-0.2, -0.15) is 18.2 Å². The normalized spacial score (nSPS) is 9.60. The van der Waals surface area contributed by atoms with Crippen molar-refractivity contribution in [3.05, 3.63) is 72.6 Å². The Kier molecular flexibility index (Phi) is 3.29. The SMILES string of the molecule is [c-]1ccccc1OC[CH+]c1ccccc1. The zero-order valence-corrected chi connectivity index (χ0v) is 8.39. The fraction of sp³-hybridized carbons (Fsp3) is 0.0714. The van der Waals surface area contributed by atoms with Gasteiger partial charge in [-0.25, -0.2) is 0 Å². The molecule has 0 spiro atoms. The minimum Gasteiger partial charge on any atom is -0.502 e. The predicted molar refractivity (Wildman–Crippen MR) is 60.6 cm³/mol. The summed E-state index contributed by atoms with van der Waals surface area (Å²) >= 11 is 0. The first-order valence-corrected chi connectivity index (χ1v) is 4.93. The van der Waals surface area contributed by atoms with E-state index in [0.29, 0.717) is 6.61 Å². The lowest BCUT2D eigenvalue weighted by Crippen LogP contribution is -1.98. The Morgan fingerprint density at radius 3 is 2.53 bits per heavy atom. The summed E-state index contributed by atoms with van der Waals surface area (Å²) in [6, 6.07) is 20.8. The Balaban J connectivity index is 1.81. The van der Waals surface area contributed by atoms with E-state index in [0.717, 1.165) is 5.75 Å². The van der Waals surface area contributed by atoms with Crippen LogP contribution in [0.1, 0.15) is 5.56 Å². The zero-order chi connectivity index (χ0) is 10.3. The zero-order valence-electron chi connectivity index (χ0n) is 8.39. The van der Waals surface area contributed by atoms with E-state index < -0.39 is 0 Å². The van der Waals surface area contributed by atoms with E-state index in [1.807, 2.05) is 48.9 Å². The lowest BCUT2D eigenvalue weighted by molar-refractivity contribution is 0.351. The summed E-state index contributed by atoms with van der Waals surface area (Å²) in [4.78, 5) is 0. The molecule has 0 aliphatic heterocycles. The van der Waals surface area contributed by atoms with E-state index in [4.69, 9.17) is 4.74 Å². The lowest BCUT2D eigenvalue weighted by Gasteiger charge is -2.07. The molecule has 1 heteroatoms. The molecule has 0 atom stereocenters. The summed E-state index contributed by atoms with van der Waals surface area (Å²) in [7, 11) is 0. The van der Waals surface area contributed by atoms with Gasteiger partial charge in [0.15, 0.2) is 0 Å². The molecule has 0 radical (unpaired) electrons. The molecule has 0 bridgehead atoms. The lowest BCUT2D eigenvalue weighted by atomic mass is 10.2. The maximum absolute atomic E-state index is 5.50. The molecular formula is C14H12O. The molecule has 2 rings (SSSR count). The molecule has 0 amide bonds. The van der Waals surface area contributed by atoms with Gasteiger partial charge in [0.2, 0.25) is 0 Å². The third-order valence-corrected chi connectivity index (χ3v) is 2.04. The van der Waals surface area contributed by atoms with Gasteiger partial charge in [-0.3, -0.25) is 0 Å². The van der Waals surface area contributed by atoms with Crippen molar-refractivity contribution in [1.82, 2.24) is 0 Å². The van der Waals surface area contributed by atoms with Crippen LogP contribution in [-0.2, 0) is 0 Å². The number of benzene rings is 2. The van der Waals surface area contributed by atoms with Crippen LogP contribution in [0.5, 0.6) is 5.75 Å². The Morgan fingerprint density at radius 2 is 1.80 bits per heavy atom. The van der Waals surface area contributed by atoms with Gasteiger partial charge in [-0.05, 0) is 18.2 Å². The van der Waals surface area contributed by atoms with E-state index in [-0.39, 0.29) is 0 Å². The predicted octanol–water partition coefficient (Wildman–Crippen LogP) is 3.12. The van der Waals surface area contributed by atoms with E-state index in [9.17, 15) is 0 Å². The number of rotatable bonds is 4. The highest BCUT2D eigenvalue weighted by Gasteiger charge is 1.99. The largest absolute Gasteiger partial charge is 0.502 e. The van der Waals surface area contributed by atoms with E-state index in [1.165, 1.54) is 5.56 Å². The summed E-state index contributed by atoms with van der Waals surface area (Å²) in [6.07, 6.45) is 2.04. The van der Waals surface area contributed by atoms with Crippen LogP contribution in [-0.4, -0.2) is 6.61 Å². The highest BCUT2D eigenvalue weighted by Crippen LogP contribution is 2.09. The molecule has 0 aromatic heterocycles. The Hall–Kier alpha value is -1.89. The van der Waals surface area contributed by atoms with Crippen LogP contribution in [0.4, 0.5) is 0 Å². The van der Waals surface area contributed by atoms with E-state index >= 15 is 0 Å². The van der Waals surface area contributed by atoms with Gasteiger partial charge in [0.05, 0.1) is 6.42 Å². The summed E-state index contributed by atoms with van der Waals surface area (Å²) in [5.41, 5.74) is 1.17. The smallest absolute Gasteiger partial charge is 0.148 e. The first-order valence-electron chi connectivity index (χ1n) is 4.93. The average Bonchev–Trinajstić information content (AvgIpc) is 2.32. The first kappa shape index (κ1) is 9.66. The van der Waals surface area contributed by atoms with Crippen molar-refractivity contribution in [1.29, 1.82) is 0 Å². The maximum Gasteiger partial charge on any atom is 0.148 e. The van der Waals surface area contributed by atoms with Crippen molar-refractivity contribution in [2.75, 3.05) is 6.61 Å². The van der Waals surface area contributed by atoms with Crippen molar-refractivity contribution >= 4 is 0 Å². The van der Waals surface area contributed by atoms with Crippen LogP contribution in [0.15, 0.2) is 54.6 Å². The van der Waals surface area contributed by atoms with Gasteiger partial charge in [0.1, 0.15) is 12.2 Å². The number of hydrogen-bond donors (Lipinski definition) is 0. The van der Waals surface area contributed by atoms with Gasteiger partial charge < -0.3 is 4.74 Å². The third kappa shape index (κ3) is 3.06. The van der Waals surface area contributed by atoms with E-state index in [1.54, 1.807) is 0 Å². The van der Waals surface area contributed by atoms with E-state index in [2.05, 4.69) is 18.2 Å². The van der Waals surface area contributed by atoms with Crippen molar-refractivity contribution in [2.24, 2.45) is 0 Å². The minimum absolute atomic E-state index is 0.574. The second kappa shape index (κ2) is 5.11. The van der Waals surface area contributed by atoms with Crippen LogP contribution in [0.25, 0.3) is 0 Å². The Bertz CT molecular complexity index is 341. The molecule has 0 unspecified atom stereocenters. The number of hydrogen-bond acceptors (Lipinski definition) is 1. The molecule has 1 nitrogen and oxygen atoms in total. The van der Waals surface area contributed by atoms with Gasteiger partial charge in [-0.1, -0.05) is 0 Å².